The Labute approximate surface area is 140 Å². The summed E-state index contributed by atoms with van der Waals surface area (Å²) < 4.78 is 47.4. The van der Waals surface area contributed by atoms with Crippen LogP contribution in [0.3, 0.4) is 0 Å². The van der Waals surface area contributed by atoms with Gasteiger partial charge in [0.25, 0.3) is 0 Å². The topological polar surface area (TPSA) is 75.3 Å². The molecular weight excluding hydrogens is 350 g/mol. The summed E-state index contributed by atoms with van der Waals surface area (Å²) in [7, 11) is -4.59. The first kappa shape index (κ1) is 19.8. The van der Waals surface area contributed by atoms with Gasteiger partial charge in [0.05, 0.1) is 11.3 Å². The second kappa shape index (κ2) is 8.56. The van der Waals surface area contributed by atoms with E-state index in [9.17, 15) is 22.0 Å². The largest absolute Gasteiger partial charge is 0.353 e. The van der Waals surface area contributed by atoms with Crippen LogP contribution in [0, 0.1) is 0 Å². The van der Waals surface area contributed by atoms with E-state index < -0.39 is 20.5 Å². The number of carbonyl (C=O) groups excluding carboxylic acids is 1. The van der Waals surface area contributed by atoms with Gasteiger partial charge in [-0.1, -0.05) is 12.1 Å². The van der Waals surface area contributed by atoms with Gasteiger partial charge in [-0.2, -0.15) is 8.78 Å². The zero-order valence-electron chi connectivity index (χ0n) is 12.3. The molecule has 0 aromatic heterocycles. The average Bonchev–Trinajstić information content (AvgIpc) is 2.48. The van der Waals surface area contributed by atoms with Crippen molar-refractivity contribution in [3.8, 4) is 0 Å². The Bertz CT molecular complexity index is 617. The fourth-order valence-electron chi connectivity index (χ4n) is 2.33. The molecule has 0 saturated carbocycles. The number of rotatable bonds is 5. The zero-order valence-corrected chi connectivity index (χ0v) is 13.9. The molecular formula is C14H19ClF2N2O3S. The number of hydrogen-bond acceptors (Lipinski definition) is 4. The maximum absolute atomic E-state index is 12.4. The molecule has 0 radical (unpaired) electrons. The number of sulfone groups is 1. The quantitative estimate of drug-likeness (QED) is 0.826. The van der Waals surface area contributed by atoms with Crippen molar-refractivity contribution >= 4 is 28.2 Å². The maximum Gasteiger partial charge on any atom is 0.341 e. The summed E-state index contributed by atoms with van der Waals surface area (Å²) in [6.45, 7) is 1.73. The predicted octanol–water partition coefficient (Wildman–Crippen LogP) is 1.52. The van der Waals surface area contributed by atoms with Crippen LogP contribution >= 0.6 is 12.4 Å². The number of halogens is 3. The second-order valence-corrected chi connectivity index (χ2v) is 7.14. The van der Waals surface area contributed by atoms with Crippen LogP contribution in [0.25, 0.3) is 0 Å². The number of hydrogen-bond donors (Lipinski definition) is 2. The van der Waals surface area contributed by atoms with Gasteiger partial charge in [0, 0.05) is 6.04 Å². The highest BCUT2D eigenvalue weighted by molar-refractivity contribution is 7.91. The van der Waals surface area contributed by atoms with E-state index in [1.165, 1.54) is 12.1 Å². The third-order valence-corrected chi connectivity index (χ3v) is 4.95. The third-order valence-electron chi connectivity index (χ3n) is 3.56. The molecule has 2 N–H and O–H groups in total. The van der Waals surface area contributed by atoms with Gasteiger partial charge < -0.3 is 10.6 Å². The van der Waals surface area contributed by atoms with E-state index in [0.29, 0.717) is 5.56 Å². The van der Waals surface area contributed by atoms with Gasteiger partial charge in [-0.15, -0.1) is 12.4 Å². The van der Waals surface area contributed by atoms with Gasteiger partial charge in [0.15, 0.2) is 0 Å². The molecule has 1 aliphatic rings. The van der Waals surface area contributed by atoms with Crippen LogP contribution in [0.15, 0.2) is 29.2 Å². The number of alkyl halides is 2. The summed E-state index contributed by atoms with van der Waals surface area (Å²) in [6.07, 6.45) is 1.84. The highest BCUT2D eigenvalue weighted by Gasteiger charge is 2.26. The molecule has 1 aromatic rings. The molecule has 2 rings (SSSR count). The summed E-state index contributed by atoms with van der Waals surface area (Å²) in [5.74, 6) is -3.60. The summed E-state index contributed by atoms with van der Waals surface area (Å²) >= 11 is 0. The highest BCUT2D eigenvalue weighted by Crippen LogP contribution is 2.18. The lowest BCUT2D eigenvalue weighted by molar-refractivity contribution is -0.121. The molecule has 9 heteroatoms. The van der Waals surface area contributed by atoms with Gasteiger partial charge in [0.1, 0.15) is 0 Å². The van der Waals surface area contributed by atoms with Crippen LogP contribution in [-0.4, -0.2) is 39.2 Å². The van der Waals surface area contributed by atoms with Crippen molar-refractivity contribution in [2.24, 2.45) is 0 Å². The lowest BCUT2D eigenvalue weighted by atomic mass is 10.1. The Morgan fingerprint density at radius 1 is 1.22 bits per heavy atom. The number of nitrogens with one attached hydrogen (secondary N) is 2. The molecule has 0 atom stereocenters. The van der Waals surface area contributed by atoms with E-state index in [2.05, 4.69) is 10.6 Å². The Hall–Kier alpha value is -1.25. The maximum atomic E-state index is 12.4. The average molecular weight is 369 g/mol. The fraction of sp³-hybridized carbons (Fsp3) is 0.500. The van der Waals surface area contributed by atoms with Crippen LogP contribution in [-0.2, 0) is 21.1 Å². The van der Waals surface area contributed by atoms with E-state index in [1.807, 2.05) is 0 Å². The molecule has 0 unspecified atom stereocenters. The molecule has 130 valence electrons. The van der Waals surface area contributed by atoms with Gasteiger partial charge >= 0.3 is 5.76 Å². The van der Waals surface area contributed by atoms with Gasteiger partial charge in [-0.25, -0.2) is 8.42 Å². The molecule has 1 fully saturated rings. The van der Waals surface area contributed by atoms with E-state index in [0.717, 1.165) is 38.1 Å². The summed E-state index contributed by atoms with van der Waals surface area (Å²) in [5, 5.41) is 6.11. The molecule has 1 aromatic carbocycles. The molecule has 1 amide bonds. The molecule has 5 nitrogen and oxygen atoms in total. The van der Waals surface area contributed by atoms with Crippen molar-refractivity contribution in [1.82, 2.24) is 10.6 Å². The van der Waals surface area contributed by atoms with Crippen molar-refractivity contribution in [2.75, 3.05) is 13.1 Å². The lowest BCUT2D eigenvalue weighted by Gasteiger charge is -2.23. The lowest BCUT2D eigenvalue weighted by Crippen LogP contribution is -2.43. The summed E-state index contributed by atoms with van der Waals surface area (Å²) in [5.41, 5.74) is 0.583. The van der Waals surface area contributed by atoms with Gasteiger partial charge in [-0.3, -0.25) is 4.79 Å². The monoisotopic (exact) mass is 368 g/mol. The van der Waals surface area contributed by atoms with Gasteiger partial charge in [0.2, 0.25) is 15.7 Å². The van der Waals surface area contributed by atoms with E-state index in [4.69, 9.17) is 0 Å². The van der Waals surface area contributed by atoms with Crippen LogP contribution in [0.2, 0.25) is 0 Å². The van der Waals surface area contributed by atoms with Crippen molar-refractivity contribution in [2.45, 2.75) is 36.0 Å². The SMILES string of the molecule is Cl.O=C(Cc1ccc(S(=O)(=O)C(F)F)cc1)NC1CCNCC1. The Morgan fingerprint density at radius 2 is 1.78 bits per heavy atom. The van der Waals surface area contributed by atoms with Crippen LogP contribution < -0.4 is 10.6 Å². The van der Waals surface area contributed by atoms with Crippen molar-refractivity contribution < 1.29 is 22.0 Å². The van der Waals surface area contributed by atoms with Crippen molar-refractivity contribution in [1.29, 1.82) is 0 Å². The molecule has 1 heterocycles. The standard InChI is InChI=1S/C14H18F2N2O3S.ClH/c15-14(16)22(20,21)12-3-1-10(2-4-12)9-13(19)18-11-5-7-17-8-6-11;/h1-4,11,14,17H,5-9H2,(H,18,19);1H. The first-order chi connectivity index (χ1) is 10.4. The second-order valence-electron chi connectivity index (χ2n) is 5.22. The third kappa shape index (κ3) is 5.40. The molecule has 0 aliphatic carbocycles. The zero-order chi connectivity index (χ0) is 16.2. The Morgan fingerprint density at radius 3 is 2.30 bits per heavy atom. The Kier molecular flexibility index (Phi) is 7.37. The molecule has 0 spiro atoms. The highest BCUT2D eigenvalue weighted by atomic mass is 35.5. The number of amides is 1. The number of benzene rings is 1. The summed E-state index contributed by atoms with van der Waals surface area (Å²) in [4.78, 5) is 11.5. The summed E-state index contributed by atoms with van der Waals surface area (Å²) in [6, 6.07) is 5.13. The number of piperidine rings is 1. The smallest absolute Gasteiger partial charge is 0.341 e. The minimum atomic E-state index is -4.59. The van der Waals surface area contributed by atoms with Crippen LogP contribution in [0.1, 0.15) is 18.4 Å². The molecule has 23 heavy (non-hydrogen) atoms. The number of carbonyl (C=O) groups is 1. The van der Waals surface area contributed by atoms with Crippen molar-refractivity contribution in [3.05, 3.63) is 29.8 Å². The molecule has 0 bridgehead atoms. The van der Waals surface area contributed by atoms with Crippen molar-refractivity contribution in [3.63, 3.8) is 0 Å². The fourth-order valence-corrected chi connectivity index (χ4v) is 3.05. The molecule has 1 saturated heterocycles. The first-order valence-corrected chi connectivity index (χ1v) is 8.55. The minimum absolute atomic E-state index is 0. The van der Waals surface area contributed by atoms with Crippen LogP contribution in [0.5, 0.6) is 0 Å². The Balaban J connectivity index is 0.00000264. The van der Waals surface area contributed by atoms with E-state index in [1.54, 1.807) is 0 Å². The molecule has 1 aliphatic heterocycles. The van der Waals surface area contributed by atoms with E-state index in [-0.39, 0.29) is 30.8 Å². The van der Waals surface area contributed by atoms with Gasteiger partial charge in [-0.05, 0) is 43.6 Å². The van der Waals surface area contributed by atoms with Crippen LogP contribution in [0.4, 0.5) is 8.78 Å². The minimum Gasteiger partial charge on any atom is -0.353 e. The normalized spacial score (nSPS) is 16.0. The first-order valence-electron chi connectivity index (χ1n) is 7.00. The predicted molar refractivity (Wildman–Crippen MR) is 84.6 cm³/mol. The van der Waals surface area contributed by atoms with E-state index >= 15 is 0 Å².